The van der Waals surface area contributed by atoms with Crippen LogP contribution in [0.3, 0.4) is 0 Å². The second kappa shape index (κ2) is 6.85. The lowest BCUT2D eigenvalue weighted by molar-refractivity contribution is -0.116. The highest BCUT2D eigenvalue weighted by atomic mass is 79.9. The predicted octanol–water partition coefficient (Wildman–Crippen LogP) is 2.46. The number of hydrogen-bond acceptors (Lipinski definition) is 4. The Hall–Kier alpha value is -2.41. The van der Waals surface area contributed by atoms with Gasteiger partial charge in [0.2, 0.25) is 5.91 Å². The van der Waals surface area contributed by atoms with Crippen LogP contribution in [-0.4, -0.2) is 22.0 Å². The van der Waals surface area contributed by atoms with Gasteiger partial charge in [0.25, 0.3) is 0 Å². The number of nitrogens with zero attached hydrogens (tertiary/aromatic N) is 1. The summed E-state index contributed by atoms with van der Waals surface area (Å²) in [5.74, 6) is -0.813. The van der Waals surface area contributed by atoms with Gasteiger partial charge in [-0.15, -0.1) is 0 Å². The van der Waals surface area contributed by atoms with Crippen molar-refractivity contribution in [1.29, 1.82) is 0 Å². The minimum atomic E-state index is -1.09. The van der Waals surface area contributed by atoms with Gasteiger partial charge in [0.15, 0.2) is 4.67 Å². The molecule has 2 aromatic heterocycles. The summed E-state index contributed by atoms with van der Waals surface area (Å²) < 4.78 is 5.81. The van der Waals surface area contributed by atoms with Gasteiger partial charge in [0.05, 0.1) is 0 Å². The fourth-order valence-corrected chi connectivity index (χ4v) is 1.80. The first-order valence-corrected chi connectivity index (χ1v) is 6.73. The van der Waals surface area contributed by atoms with E-state index < -0.39 is 5.97 Å². The van der Waals surface area contributed by atoms with Crippen LogP contribution in [-0.2, 0) is 11.3 Å². The summed E-state index contributed by atoms with van der Waals surface area (Å²) in [6.07, 6.45) is 4.31. The number of carbonyl (C=O) groups is 2. The molecular formula is C14H11BrN2O4. The van der Waals surface area contributed by atoms with Crippen LogP contribution < -0.4 is 5.32 Å². The number of aromatic carboxylic acids is 1. The highest BCUT2D eigenvalue weighted by Crippen LogP contribution is 2.14. The third-order valence-electron chi connectivity index (χ3n) is 2.50. The van der Waals surface area contributed by atoms with E-state index in [4.69, 9.17) is 9.52 Å². The minimum absolute atomic E-state index is 0.0339. The number of nitrogens with one attached hydrogen (secondary N) is 1. The van der Waals surface area contributed by atoms with Crippen LogP contribution >= 0.6 is 15.9 Å². The average Bonchev–Trinajstić information content (AvgIpc) is 2.89. The summed E-state index contributed by atoms with van der Waals surface area (Å²) in [5.41, 5.74) is 0.677. The molecule has 0 aliphatic rings. The van der Waals surface area contributed by atoms with Crippen molar-refractivity contribution in [2.75, 3.05) is 0 Å². The first-order chi connectivity index (χ1) is 10.0. The van der Waals surface area contributed by atoms with Crippen LogP contribution in [0.25, 0.3) is 6.08 Å². The van der Waals surface area contributed by atoms with Gasteiger partial charge in [-0.05, 0) is 45.8 Å². The van der Waals surface area contributed by atoms with Crippen LogP contribution in [0.5, 0.6) is 0 Å². The third-order valence-corrected chi connectivity index (χ3v) is 2.93. The average molecular weight is 351 g/mol. The molecule has 108 valence electrons. The molecule has 0 spiro atoms. The highest BCUT2D eigenvalue weighted by molar-refractivity contribution is 9.10. The lowest BCUT2D eigenvalue weighted by Crippen LogP contribution is -2.20. The van der Waals surface area contributed by atoms with Crippen LogP contribution in [0.1, 0.15) is 21.8 Å². The van der Waals surface area contributed by atoms with Crippen LogP contribution in [0.15, 0.2) is 45.6 Å². The monoisotopic (exact) mass is 350 g/mol. The van der Waals surface area contributed by atoms with Gasteiger partial charge in [0.1, 0.15) is 11.5 Å². The number of carboxylic acids is 1. The van der Waals surface area contributed by atoms with Crippen LogP contribution in [0.2, 0.25) is 0 Å². The third kappa shape index (κ3) is 4.57. The Morgan fingerprint density at radius 1 is 1.33 bits per heavy atom. The number of carboxylic acid groups (broad SMARTS) is 1. The van der Waals surface area contributed by atoms with E-state index in [-0.39, 0.29) is 18.1 Å². The van der Waals surface area contributed by atoms with Crippen molar-refractivity contribution in [3.63, 3.8) is 0 Å². The van der Waals surface area contributed by atoms with Gasteiger partial charge in [-0.25, -0.2) is 9.78 Å². The van der Waals surface area contributed by atoms with Crippen molar-refractivity contribution < 1.29 is 19.1 Å². The molecule has 0 radical (unpaired) electrons. The Balaban J connectivity index is 1.86. The zero-order valence-electron chi connectivity index (χ0n) is 10.7. The fraction of sp³-hybridized carbons (Fsp3) is 0.0714. The number of furan rings is 1. The molecule has 2 aromatic rings. The summed E-state index contributed by atoms with van der Waals surface area (Å²) in [6, 6.07) is 6.44. The summed E-state index contributed by atoms with van der Waals surface area (Å²) in [5, 5.41) is 11.4. The first kappa shape index (κ1) is 15.0. The lowest BCUT2D eigenvalue weighted by Gasteiger charge is -2.02. The van der Waals surface area contributed by atoms with E-state index in [1.165, 1.54) is 18.3 Å². The Morgan fingerprint density at radius 3 is 2.71 bits per heavy atom. The minimum Gasteiger partial charge on any atom is -0.477 e. The summed E-state index contributed by atoms with van der Waals surface area (Å²) in [6.45, 7) is 0.262. The second-order valence-electron chi connectivity index (χ2n) is 4.05. The Morgan fingerprint density at radius 2 is 2.14 bits per heavy atom. The molecule has 7 heteroatoms. The van der Waals surface area contributed by atoms with Crippen molar-refractivity contribution in [3.05, 3.63) is 58.2 Å². The fourth-order valence-electron chi connectivity index (χ4n) is 1.48. The summed E-state index contributed by atoms with van der Waals surface area (Å²) >= 11 is 3.17. The van der Waals surface area contributed by atoms with Gasteiger partial charge in [-0.3, -0.25) is 4.79 Å². The number of pyridine rings is 1. The predicted molar refractivity (Wildman–Crippen MR) is 78.5 cm³/mol. The molecule has 0 saturated carbocycles. The summed E-state index contributed by atoms with van der Waals surface area (Å²) in [4.78, 5) is 26.0. The second-order valence-corrected chi connectivity index (χ2v) is 4.83. The maximum absolute atomic E-state index is 11.6. The molecule has 0 aliphatic carbocycles. The van der Waals surface area contributed by atoms with Gasteiger partial charge in [-0.1, -0.05) is 6.07 Å². The van der Waals surface area contributed by atoms with Crippen molar-refractivity contribution >= 4 is 33.9 Å². The zero-order valence-corrected chi connectivity index (χ0v) is 12.3. The molecule has 21 heavy (non-hydrogen) atoms. The van der Waals surface area contributed by atoms with E-state index in [2.05, 4.69) is 26.2 Å². The van der Waals surface area contributed by atoms with E-state index in [1.54, 1.807) is 24.3 Å². The molecule has 0 bridgehead atoms. The standard InChI is InChI=1S/C14H11BrN2O4/c15-12-5-2-10(21-12)3-6-13(18)17-8-9-1-4-11(14(19)20)16-7-9/h1-7H,8H2,(H,17,18)(H,19,20)/b6-3+. The maximum Gasteiger partial charge on any atom is 0.354 e. The number of halogens is 1. The smallest absolute Gasteiger partial charge is 0.354 e. The molecule has 0 saturated heterocycles. The van der Waals surface area contributed by atoms with Crippen LogP contribution in [0.4, 0.5) is 0 Å². The molecule has 2 N–H and O–H groups in total. The molecule has 2 rings (SSSR count). The van der Waals surface area contributed by atoms with Crippen molar-refractivity contribution in [3.8, 4) is 0 Å². The van der Waals surface area contributed by atoms with E-state index in [1.807, 2.05) is 0 Å². The van der Waals surface area contributed by atoms with Gasteiger partial charge in [-0.2, -0.15) is 0 Å². The SMILES string of the molecule is O=C(/C=C/c1ccc(Br)o1)NCc1ccc(C(=O)O)nc1. The number of hydrogen-bond donors (Lipinski definition) is 2. The number of amides is 1. The largest absolute Gasteiger partial charge is 0.477 e. The molecule has 0 aromatic carbocycles. The highest BCUT2D eigenvalue weighted by Gasteiger charge is 2.04. The van der Waals surface area contributed by atoms with E-state index in [0.29, 0.717) is 16.0 Å². The van der Waals surface area contributed by atoms with E-state index >= 15 is 0 Å². The topological polar surface area (TPSA) is 92.4 Å². The zero-order chi connectivity index (χ0) is 15.2. The molecular weight excluding hydrogens is 340 g/mol. The Kier molecular flexibility index (Phi) is 4.89. The number of carbonyl (C=O) groups excluding carboxylic acids is 1. The van der Waals surface area contributed by atoms with Crippen LogP contribution in [0, 0.1) is 0 Å². The number of aromatic nitrogens is 1. The van der Waals surface area contributed by atoms with Crippen molar-refractivity contribution in [2.24, 2.45) is 0 Å². The molecule has 2 heterocycles. The van der Waals surface area contributed by atoms with E-state index in [0.717, 1.165) is 0 Å². The van der Waals surface area contributed by atoms with Crippen molar-refractivity contribution in [1.82, 2.24) is 10.3 Å². The molecule has 0 aliphatic heterocycles. The summed E-state index contributed by atoms with van der Waals surface area (Å²) in [7, 11) is 0. The van der Waals surface area contributed by atoms with Gasteiger partial charge in [0, 0.05) is 18.8 Å². The quantitative estimate of drug-likeness (QED) is 0.808. The number of rotatable bonds is 5. The Bertz CT molecular complexity index is 677. The van der Waals surface area contributed by atoms with Gasteiger partial charge >= 0.3 is 5.97 Å². The van der Waals surface area contributed by atoms with Crippen molar-refractivity contribution in [2.45, 2.75) is 6.54 Å². The van der Waals surface area contributed by atoms with Gasteiger partial charge < -0.3 is 14.8 Å². The molecule has 1 amide bonds. The molecule has 0 atom stereocenters. The van der Waals surface area contributed by atoms with E-state index in [9.17, 15) is 9.59 Å². The molecule has 6 nitrogen and oxygen atoms in total. The maximum atomic E-state index is 11.6. The molecule has 0 unspecified atom stereocenters. The lowest BCUT2D eigenvalue weighted by atomic mass is 10.2. The first-order valence-electron chi connectivity index (χ1n) is 5.94. The Labute approximate surface area is 128 Å². The molecule has 0 fully saturated rings. The normalized spacial score (nSPS) is 10.7.